The lowest BCUT2D eigenvalue weighted by Gasteiger charge is -2.20. The summed E-state index contributed by atoms with van der Waals surface area (Å²) in [6.07, 6.45) is 1.30. The summed E-state index contributed by atoms with van der Waals surface area (Å²) in [5.41, 5.74) is 3.85. The van der Waals surface area contributed by atoms with Crippen molar-refractivity contribution in [3.63, 3.8) is 0 Å². The van der Waals surface area contributed by atoms with Crippen LogP contribution in [0.15, 0.2) is 78.9 Å². The number of aryl methyl sites for hydroxylation is 1. The van der Waals surface area contributed by atoms with Crippen molar-refractivity contribution in [2.45, 2.75) is 38.5 Å². The van der Waals surface area contributed by atoms with Gasteiger partial charge in [0.2, 0.25) is 5.91 Å². The molecular formula is C27H28N2O3S2. The Labute approximate surface area is 205 Å². The summed E-state index contributed by atoms with van der Waals surface area (Å²) in [6.45, 7) is 2.49. The van der Waals surface area contributed by atoms with Gasteiger partial charge in [0, 0.05) is 6.42 Å². The maximum Gasteiger partial charge on any atom is 0.229 e. The van der Waals surface area contributed by atoms with E-state index in [9.17, 15) is 13.2 Å². The Bertz CT molecular complexity index is 1350. The highest BCUT2D eigenvalue weighted by Crippen LogP contribution is 2.32. The highest BCUT2D eigenvalue weighted by molar-refractivity contribution is 7.90. The third-order valence-electron chi connectivity index (χ3n) is 5.66. The van der Waals surface area contributed by atoms with Crippen molar-refractivity contribution in [1.29, 1.82) is 0 Å². The number of anilines is 1. The number of carbonyl (C=O) groups is 1. The normalized spacial score (nSPS) is 11.6. The molecule has 0 spiro atoms. The molecule has 34 heavy (non-hydrogen) atoms. The zero-order valence-electron chi connectivity index (χ0n) is 19.2. The molecule has 0 aliphatic rings. The van der Waals surface area contributed by atoms with Gasteiger partial charge in [0.15, 0.2) is 15.0 Å². The molecule has 0 aliphatic heterocycles. The number of amides is 1. The van der Waals surface area contributed by atoms with Gasteiger partial charge in [-0.15, -0.1) is 0 Å². The lowest BCUT2D eigenvalue weighted by molar-refractivity contribution is -0.118. The highest BCUT2D eigenvalue weighted by Gasteiger charge is 2.22. The van der Waals surface area contributed by atoms with Crippen molar-refractivity contribution in [2.75, 3.05) is 10.7 Å². The summed E-state index contributed by atoms with van der Waals surface area (Å²) in [4.78, 5) is 19.8. The molecule has 0 atom stereocenters. The van der Waals surface area contributed by atoms with E-state index in [0.29, 0.717) is 11.7 Å². The Morgan fingerprint density at radius 3 is 2.26 bits per heavy atom. The summed E-state index contributed by atoms with van der Waals surface area (Å²) in [5.74, 6) is -0.143. The van der Waals surface area contributed by atoms with E-state index < -0.39 is 9.84 Å². The Kier molecular flexibility index (Phi) is 7.75. The number of sulfone groups is 1. The van der Waals surface area contributed by atoms with Crippen LogP contribution in [0.3, 0.4) is 0 Å². The first-order valence-corrected chi connectivity index (χ1v) is 14.1. The summed E-state index contributed by atoms with van der Waals surface area (Å²) < 4.78 is 26.2. The SMILES string of the molecule is CCc1cccc2sc(N(Cc3ccccc3)C(=O)CCCS(=O)(=O)Cc3ccccc3)nc12. The Morgan fingerprint density at radius 2 is 1.59 bits per heavy atom. The van der Waals surface area contributed by atoms with Gasteiger partial charge >= 0.3 is 0 Å². The second-order valence-corrected chi connectivity index (χ2v) is 11.5. The molecule has 0 aliphatic carbocycles. The highest BCUT2D eigenvalue weighted by atomic mass is 32.2. The van der Waals surface area contributed by atoms with Gasteiger partial charge in [-0.1, -0.05) is 91.1 Å². The first kappa shape index (κ1) is 24.1. The van der Waals surface area contributed by atoms with Crippen molar-refractivity contribution in [3.05, 3.63) is 95.6 Å². The molecule has 0 saturated carbocycles. The molecule has 0 N–H and O–H groups in total. The number of carbonyl (C=O) groups excluding carboxylic acids is 1. The van der Waals surface area contributed by atoms with Crippen LogP contribution < -0.4 is 4.90 Å². The van der Waals surface area contributed by atoms with Crippen LogP contribution in [0.1, 0.15) is 36.5 Å². The van der Waals surface area contributed by atoms with Crippen LogP contribution in [0, 0.1) is 0 Å². The molecule has 4 rings (SSSR count). The fourth-order valence-electron chi connectivity index (χ4n) is 3.90. The molecular weight excluding hydrogens is 464 g/mol. The Balaban J connectivity index is 1.50. The lowest BCUT2D eigenvalue weighted by Crippen LogP contribution is -2.30. The number of fused-ring (bicyclic) bond motifs is 1. The number of thiazole rings is 1. The van der Waals surface area contributed by atoms with Gasteiger partial charge in [-0.05, 0) is 35.6 Å². The quantitative estimate of drug-likeness (QED) is 0.281. The van der Waals surface area contributed by atoms with Crippen molar-refractivity contribution in [3.8, 4) is 0 Å². The minimum absolute atomic E-state index is 0.00652. The zero-order valence-corrected chi connectivity index (χ0v) is 20.8. The van der Waals surface area contributed by atoms with E-state index >= 15 is 0 Å². The third kappa shape index (κ3) is 6.10. The summed E-state index contributed by atoms with van der Waals surface area (Å²) in [5, 5.41) is 0.650. The molecule has 1 aromatic heterocycles. The van der Waals surface area contributed by atoms with Gasteiger partial charge in [-0.3, -0.25) is 9.69 Å². The predicted molar refractivity (Wildman–Crippen MR) is 140 cm³/mol. The standard InChI is InChI=1S/C27H28N2O3S2/c1-2-23-15-9-16-24-26(23)28-27(33-24)29(19-21-11-5-3-6-12-21)25(30)17-10-18-34(31,32)20-22-13-7-4-8-14-22/h3-9,11-16H,2,10,17-20H2,1H3. The predicted octanol–water partition coefficient (Wildman–Crippen LogP) is 5.79. The second-order valence-electron chi connectivity index (χ2n) is 8.26. The van der Waals surface area contributed by atoms with Crippen LogP contribution >= 0.6 is 11.3 Å². The van der Waals surface area contributed by atoms with E-state index in [0.717, 1.165) is 33.3 Å². The molecule has 4 aromatic rings. The topological polar surface area (TPSA) is 67.3 Å². The van der Waals surface area contributed by atoms with Crippen LogP contribution in [-0.4, -0.2) is 25.1 Å². The maximum atomic E-state index is 13.3. The van der Waals surface area contributed by atoms with Gasteiger partial charge in [0.05, 0.1) is 28.3 Å². The third-order valence-corrected chi connectivity index (χ3v) is 8.39. The summed E-state index contributed by atoms with van der Waals surface area (Å²) in [6, 6.07) is 25.0. The molecule has 0 fully saturated rings. The van der Waals surface area contributed by atoms with Crippen molar-refractivity contribution >= 4 is 42.4 Å². The van der Waals surface area contributed by atoms with Crippen LogP contribution in [0.25, 0.3) is 10.2 Å². The zero-order chi connectivity index (χ0) is 24.0. The number of hydrogen-bond acceptors (Lipinski definition) is 5. The summed E-state index contributed by atoms with van der Waals surface area (Å²) in [7, 11) is -3.29. The molecule has 176 valence electrons. The Hall–Kier alpha value is -3.03. The molecule has 0 unspecified atom stereocenters. The van der Waals surface area contributed by atoms with E-state index in [1.54, 1.807) is 4.90 Å². The molecule has 7 heteroatoms. The van der Waals surface area contributed by atoms with Crippen LogP contribution in [-0.2, 0) is 33.4 Å². The number of hydrogen-bond donors (Lipinski definition) is 0. The van der Waals surface area contributed by atoms with Gasteiger partial charge in [0.1, 0.15) is 0 Å². The summed E-state index contributed by atoms with van der Waals surface area (Å²) >= 11 is 1.50. The van der Waals surface area contributed by atoms with Gasteiger partial charge in [-0.2, -0.15) is 0 Å². The average Bonchev–Trinajstić information content (AvgIpc) is 3.27. The number of para-hydroxylation sites is 1. The number of nitrogens with zero attached hydrogens (tertiary/aromatic N) is 2. The molecule has 1 amide bonds. The molecule has 5 nitrogen and oxygen atoms in total. The van der Waals surface area contributed by atoms with Crippen LogP contribution in [0.5, 0.6) is 0 Å². The molecule has 3 aromatic carbocycles. The number of rotatable bonds is 10. The number of benzene rings is 3. The molecule has 0 saturated heterocycles. The van der Waals surface area contributed by atoms with Gasteiger partial charge in [0.25, 0.3) is 0 Å². The minimum Gasteiger partial charge on any atom is -0.284 e. The molecule has 1 heterocycles. The first-order valence-electron chi connectivity index (χ1n) is 11.4. The van der Waals surface area contributed by atoms with Crippen molar-refractivity contribution in [2.24, 2.45) is 0 Å². The second kappa shape index (κ2) is 10.9. The average molecular weight is 493 g/mol. The smallest absolute Gasteiger partial charge is 0.229 e. The van der Waals surface area contributed by atoms with Crippen molar-refractivity contribution < 1.29 is 13.2 Å². The van der Waals surface area contributed by atoms with E-state index in [1.165, 1.54) is 11.3 Å². The lowest BCUT2D eigenvalue weighted by atomic mass is 10.1. The van der Waals surface area contributed by atoms with Gasteiger partial charge in [-0.25, -0.2) is 13.4 Å². The van der Waals surface area contributed by atoms with E-state index in [-0.39, 0.29) is 30.3 Å². The number of aromatic nitrogens is 1. The monoisotopic (exact) mass is 492 g/mol. The fourth-order valence-corrected chi connectivity index (χ4v) is 6.36. The van der Waals surface area contributed by atoms with Gasteiger partial charge < -0.3 is 0 Å². The van der Waals surface area contributed by atoms with Crippen LogP contribution in [0.4, 0.5) is 5.13 Å². The largest absolute Gasteiger partial charge is 0.284 e. The Morgan fingerprint density at radius 1 is 0.912 bits per heavy atom. The molecule has 0 radical (unpaired) electrons. The van der Waals surface area contributed by atoms with E-state index in [2.05, 4.69) is 13.0 Å². The van der Waals surface area contributed by atoms with Crippen molar-refractivity contribution in [1.82, 2.24) is 4.98 Å². The molecule has 0 bridgehead atoms. The van der Waals surface area contributed by atoms with Crippen LogP contribution in [0.2, 0.25) is 0 Å². The van der Waals surface area contributed by atoms with E-state index in [4.69, 9.17) is 4.98 Å². The first-order chi connectivity index (χ1) is 16.4. The fraction of sp³-hybridized carbons (Fsp3) is 0.259. The minimum atomic E-state index is -3.29. The van der Waals surface area contributed by atoms with E-state index in [1.807, 2.05) is 72.8 Å². The maximum absolute atomic E-state index is 13.3.